The van der Waals surface area contributed by atoms with Crippen molar-refractivity contribution in [1.82, 2.24) is 0 Å². The van der Waals surface area contributed by atoms with Gasteiger partial charge in [0, 0.05) is 0 Å². The molecule has 1 aliphatic carbocycles. The second-order valence-electron chi connectivity index (χ2n) is 4.39. The molecule has 1 saturated carbocycles. The van der Waals surface area contributed by atoms with E-state index in [2.05, 4.69) is 6.07 Å². The van der Waals surface area contributed by atoms with Crippen molar-refractivity contribution in [2.75, 3.05) is 0 Å². The van der Waals surface area contributed by atoms with Gasteiger partial charge in [-0.3, -0.25) is 0 Å². The average Bonchev–Trinajstić information content (AvgIpc) is 2.17. The van der Waals surface area contributed by atoms with Crippen molar-refractivity contribution < 1.29 is 5.11 Å². The molecule has 0 amide bonds. The number of hydrogen-bond donors (Lipinski definition) is 1. The first-order valence-corrected chi connectivity index (χ1v) is 5.21. The van der Waals surface area contributed by atoms with Gasteiger partial charge >= 0.3 is 0 Å². The van der Waals surface area contributed by atoms with E-state index >= 15 is 0 Å². The smallest absolute Gasteiger partial charge is 0.0830 e. The fourth-order valence-electron chi connectivity index (χ4n) is 2.20. The summed E-state index contributed by atoms with van der Waals surface area (Å²) in [4.78, 5) is 0. The summed E-state index contributed by atoms with van der Waals surface area (Å²) >= 11 is 0. The second-order valence-corrected chi connectivity index (χ2v) is 4.39. The molecule has 1 atom stereocenters. The Bertz CT molecular complexity index is 213. The molecule has 1 rings (SSSR count). The third kappa shape index (κ3) is 1.71. The van der Waals surface area contributed by atoms with Gasteiger partial charge in [-0.1, -0.05) is 26.2 Å². The summed E-state index contributed by atoms with van der Waals surface area (Å²) in [6.07, 6.45) is 5.66. The van der Waals surface area contributed by atoms with Crippen molar-refractivity contribution >= 4 is 0 Å². The molecule has 0 spiro atoms. The van der Waals surface area contributed by atoms with Crippen LogP contribution in [0.25, 0.3) is 0 Å². The highest BCUT2D eigenvalue weighted by Crippen LogP contribution is 2.43. The van der Waals surface area contributed by atoms with Crippen LogP contribution in [-0.4, -0.2) is 10.7 Å². The van der Waals surface area contributed by atoms with E-state index < -0.39 is 11.0 Å². The predicted octanol–water partition coefficient (Wildman–Crippen LogP) is 2.62. The molecule has 0 aromatic rings. The van der Waals surface area contributed by atoms with Crippen LogP contribution < -0.4 is 0 Å². The van der Waals surface area contributed by atoms with Crippen LogP contribution in [0.2, 0.25) is 0 Å². The molecule has 1 fully saturated rings. The summed E-state index contributed by atoms with van der Waals surface area (Å²) < 4.78 is 0. The summed E-state index contributed by atoms with van der Waals surface area (Å²) in [5, 5.41) is 19.5. The Morgan fingerprint density at radius 2 is 1.92 bits per heavy atom. The maximum atomic E-state index is 10.4. The highest BCUT2D eigenvalue weighted by Gasteiger charge is 2.46. The minimum atomic E-state index is -0.727. The van der Waals surface area contributed by atoms with E-state index in [1.165, 1.54) is 6.42 Å². The van der Waals surface area contributed by atoms with E-state index in [0.717, 1.165) is 32.1 Å². The van der Waals surface area contributed by atoms with Crippen molar-refractivity contribution in [2.45, 2.75) is 58.0 Å². The summed E-state index contributed by atoms with van der Waals surface area (Å²) in [6.45, 7) is 3.87. The largest absolute Gasteiger partial charge is 0.388 e. The van der Waals surface area contributed by atoms with E-state index in [1.807, 2.05) is 13.8 Å². The third-order valence-corrected chi connectivity index (χ3v) is 3.66. The van der Waals surface area contributed by atoms with Crippen LogP contribution in [0, 0.1) is 16.7 Å². The van der Waals surface area contributed by atoms with Gasteiger partial charge < -0.3 is 5.11 Å². The van der Waals surface area contributed by atoms with E-state index in [-0.39, 0.29) is 0 Å². The molecule has 2 heteroatoms. The lowest BCUT2D eigenvalue weighted by Crippen LogP contribution is -2.46. The number of aliphatic hydroxyl groups is 1. The SMILES string of the molecule is CCC(C)(C#N)C1(O)CCCCC1. The Morgan fingerprint density at radius 1 is 1.38 bits per heavy atom. The Labute approximate surface area is 80.6 Å². The topological polar surface area (TPSA) is 44.0 Å². The van der Waals surface area contributed by atoms with Crippen LogP contribution >= 0.6 is 0 Å². The Balaban J connectivity index is 2.82. The number of rotatable bonds is 2. The molecule has 0 heterocycles. The van der Waals surface area contributed by atoms with Crippen LogP contribution in [0.4, 0.5) is 0 Å². The van der Waals surface area contributed by atoms with E-state index in [4.69, 9.17) is 5.26 Å². The van der Waals surface area contributed by atoms with Crippen LogP contribution in [0.15, 0.2) is 0 Å². The molecule has 0 aliphatic heterocycles. The van der Waals surface area contributed by atoms with E-state index in [0.29, 0.717) is 0 Å². The molecule has 13 heavy (non-hydrogen) atoms. The molecule has 0 radical (unpaired) electrons. The molecule has 74 valence electrons. The second kappa shape index (κ2) is 3.67. The predicted molar refractivity (Wildman–Crippen MR) is 52.0 cm³/mol. The minimum absolute atomic E-state index is 0.548. The minimum Gasteiger partial charge on any atom is -0.388 e. The maximum absolute atomic E-state index is 10.4. The van der Waals surface area contributed by atoms with Gasteiger partial charge in [-0.05, 0) is 26.2 Å². The lowest BCUT2D eigenvalue weighted by atomic mass is 9.65. The summed E-state index contributed by atoms with van der Waals surface area (Å²) in [5.41, 5.74) is -1.28. The first-order chi connectivity index (χ1) is 6.08. The van der Waals surface area contributed by atoms with Gasteiger partial charge in [0.05, 0.1) is 17.1 Å². The van der Waals surface area contributed by atoms with Gasteiger partial charge in [-0.15, -0.1) is 0 Å². The van der Waals surface area contributed by atoms with Gasteiger partial charge in [0.2, 0.25) is 0 Å². The highest BCUT2D eigenvalue weighted by atomic mass is 16.3. The molecule has 1 N–H and O–H groups in total. The molecule has 1 aliphatic rings. The van der Waals surface area contributed by atoms with Gasteiger partial charge in [0.25, 0.3) is 0 Å². The summed E-state index contributed by atoms with van der Waals surface area (Å²) in [7, 11) is 0. The monoisotopic (exact) mass is 181 g/mol. The zero-order valence-corrected chi connectivity index (χ0v) is 8.64. The first-order valence-electron chi connectivity index (χ1n) is 5.21. The zero-order valence-electron chi connectivity index (χ0n) is 8.64. The standard InChI is InChI=1S/C11H19NO/c1-3-10(2,9-12)11(13)7-5-4-6-8-11/h13H,3-8H2,1-2H3. The maximum Gasteiger partial charge on any atom is 0.0830 e. The van der Waals surface area contributed by atoms with Crippen LogP contribution in [0.1, 0.15) is 52.4 Å². The van der Waals surface area contributed by atoms with Gasteiger partial charge in [0.1, 0.15) is 0 Å². The molecule has 0 saturated heterocycles. The van der Waals surface area contributed by atoms with Crippen LogP contribution in [0.3, 0.4) is 0 Å². The van der Waals surface area contributed by atoms with Gasteiger partial charge in [-0.25, -0.2) is 0 Å². The van der Waals surface area contributed by atoms with E-state index in [9.17, 15) is 5.11 Å². The highest BCUT2D eigenvalue weighted by molar-refractivity contribution is 5.09. The fraction of sp³-hybridized carbons (Fsp3) is 0.909. The van der Waals surface area contributed by atoms with E-state index in [1.54, 1.807) is 0 Å². The molecule has 0 aromatic heterocycles. The average molecular weight is 181 g/mol. The van der Waals surface area contributed by atoms with Crippen molar-refractivity contribution in [3.8, 4) is 6.07 Å². The van der Waals surface area contributed by atoms with Crippen molar-refractivity contribution in [3.63, 3.8) is 0 Å². The normalized spacial score (nSPS) is 26.0. The summed E-state index contributed by atoms with van der Waals surface area (Å²) in [6, 6.07) is 2.29. The quantitative estimate of drug-likeness (QED) is 0.711. The molecule has 0 aromatic carbocycles. The van der Waals surface area contributed by atoms with Crippen LogP contribution in [0.5, 0.6) is 0 Å². The lowest BCUT2D eigenvalue weighted by Gasteiger charge is -2.42. The Kier molecular flexibility index (Phi) is 2.98. The fourth-order valence-corrected chi connectivity index (χ4v) is 2.20. The Morgan fingerprint density at radius 3 is 2.31 bits per heavy atom. The summed E-state index contributed by atoms with van der Waals surface area (Å²) in [5.74, 6) is 0. The van der Waals surface area contributed by atoms with Crippen molar-refractivity contribution in [2.24, 2.45) is 5.41 Å². The number of nitriles is 1. The molecule has 0 bridgehead atoms. The molecule has 2 nitrogen and oxygen atoms in total. The van der Waals surface area contributed by atoms with Crippen molar-refractivity contribution in [1.29, 1.82) is 5.26 Å². The molecule has 1 unspecified atom stereocenters. The third-order valence-electron chi connectivity index (χ3n) is 3.66. The van der Waals surface area contributed by atoms with Crippen LogP contribution in [-0.2, 0) is 0 Å². The van der Waals surface area contributed by atoms with Gasteiger partial charge in [0.15, 0.2) is 0 Å². The Hall–Kier alpha value is -0.550. The number of hydrogen-bond acceptors (Lipinski definition) is 2. The van der Waals surface area contributed by atoms with Gasteiger partial charge in [-0.2, -0.15) is 5.26 Å². The zero-order chi connectivity index (χ0) is 9.95. The molecular formula is C11H19NO. The lowest BCUT2D eigenvalue weighted by molar-refractivity contribution is -0.0765. The van der Waals surface area contributed by atoms with Crippen molar-refractivity contribution in [3.05, 3.63) is 0 Å². The molecular weight excluding hydrogens is 162 g/mol. The number of nitrogens with zero attached hydrogens (tertiary/aromatic N) is 1. The first kappa shape index (κ1) is 10.5.